The molecule has 0 aliphatic carbocycles. The van der Waals surface area contributed by atoms with Gasteiger partial charge in [-0.3, -0.25) is 14.9 Å². The van der Waals surface area contributed by atoms with Gasteiger partial charge in [-0.15, -0.1) is 0 Å². The molecular formula is C16H22BrN3O3. The van der Waals surface area contributed by atoms with Crippen molar-refractivity contribution in [3.05, 3.63) is 38.3 Å². The van der Waals surface area contributed by atoms with Crippen molar-refractivity contribution in [3.63, 3.8) is 0 Å². The standard InChI is InChI=1S/C16H22BrN3O3/c1-2-9-19(13-5-7-18-8-6-13)16(21)10-12-3-4-14(20(22)23)11-15(12)17/h3-4,11,13,18H,2,5-10H2,1H3. The molecule has 0 atom stereocenters. The average molecular weight is 384 g/mol. The summed E-state index contributed by atoms with van der Waals surface area (Å²) in [6.07, 6.45) is 3.15. The van der Waals surface area contributed by atoms with Crippen molar-refractivity contribution in [2.75, 3.05) is 19.6 Å². The molecule has 1 fully saturated rings. The van der Waals surface area contributed by atoms with Gasteiger partial charge in [0.05, 0.1) is 11.3 Å². The Morgan fingerprint density at radius 2 is 2.13 bits per heavy atom. The minimum absolute atomic E-state index is 0.0249. The number of amides is 1. The first-order valence-electron chi connectivity index (χ1n) is 7.96. The second-order valence-electron chi connectivity index (χ2n) is 5.78. The van der Waals surface area contributed by atoms with Crippen molar-refractivity contribution in [1.82, 2.24) is 10.2 Å². The molecule has 0 spiro atoms. The topological polar surface area (TPSA) is 75.5 Å². The van der Waals surface area contributed by atoms with Crippen LogP contribution in [0.15, 0.2) is 22.7 Å². The van der Waals surface area contributed by atoms with E-state index in [1.54, 1.807) is 6.07 Å². The van der Waals surface area contributed by atoms with Crippen LogP contribution in [-0.4, -0.2) is 41.4 Å². The van der Waals surface area contributed by atoms with Crippen LogP contribution < -0.4 is 5.32 Å². The van der Waals surface area contributed by atoms with Crippen molar-refractivity contribution < 1.29 is 9.72 Å². The highest BCUT2D eigenvalue weighted by Gasteiger charge is 2.25. The number of benzene rings is 1. The van der Waals surface area contributed by atoms with E-state index >= 15 is 0 Å². The number of nitrogens with one attached hydrogen (secondary N) is 1. The molecule has 126 valence electrons. The summed E-state index contributed by atoms with van der Waals surface area (Å²) in [6, 6.07) is 4.85. The summed E-state index contributed by atoms with van der Waals surface area (Å²) >= 11 is 3.34. The zero-order valence-electron chi connectivity index (χ0n) is 13.3. The summed E-state index contributed by atoms with van der Waals surface area (Å²) in [4.78, 5) is 25.1. The number of nitro benzene ring substituents is 1. The number of nitro groups is 1. The second-order valence-corrected chi connectivity index (χ2v) is 6.63. The van der Waals surface area contributed by atoms with Gasteiger partial charge in [-0.2, -0.15) is 0 Å². The lowest BCUT2D eigenvalue weighted by atomic mass is 10.0. The molecule has 1 aliphatic rings. The van der Waals surface area contributed by atoms with Gasteiger partial charge >= 0.3 is 0 Å². The zero-order valence-corrected chi connectivity index (χ0v) is 14.8. The number of non-ortho nitro benzene ring substituents is 1. The van der Waals surface area contributed by atoms with E-state index in [4.69, 9.17) is 0 Å². The molecule has 1 heterocycles. The zero-order chi connectivity index (χ0) is 16.8. The first-order valence-corrected chi connectivity index (χ1v) is 8.75. The molecule has 1 aliphatic heterocycles. The Kier molecular flexibility index (Phi) is 6.53. The van der Waals surface area contributed by atoms with Crippen LogP contribution in [-0.2, 0) is 11.2 Å². The Labute approximate surface area is 144 Å². The normalized spacial score (nSPS) is 15.4. The van der Waals surface area contributed by atoms with E-state index in [-0.39, 0.29) is 18.0 Å². The highest BCUT2D eigenvalue weighted by Crippen LogP contribution is 2.24. The Bertz CT molecular complexity index is 574. The van der Waals surface area contributed by atoms with Crippen LogP contribution in [0.2, 0.25) is 0 Å². The van der Waals surface area contributed by atoms with Gasteiger partial charge in [-0.05, 0) is 37.9 Å². The monoisotopic (exact) mass is 383 g/mol. The second kappa shape index (κ2) is 8.40. The molecule has 0 saturated carbocycles. The predicted molar refractivity (Wildman–Crippen MR) is 92.4 cm³/mol. The summed E-state index contributed by atoms with van der Waals surface area (Å²) in [5.74, 6) is 0.0910. The molecule has 7 heteroatoms. The number of carbonyl (C=O) groups excluding carboxylic acids is 1. The van der Waals surface area contributed by atoms with E-state index in [2.05, 4.69) is 28.2 Å². The molecule has 2 rings (SSSR count). The summed E-state index contributed by atoms with van der Waals surface area (Å²) < 4.78 is 0.613. The number of hydrogen-bond donors (Lipinski definition) is 1. The van der Waals surface area contributed by atoms with E-state index in [0.717, 1.165) is 44.5 Å². The molecule has 1 N–H and O–H groups in total. The van der Waals surface area contributed by atoms with E-state index in [1.165, 1.54) is 12.1 Å². The Hall–Kier alpha value is -1.47. The number of halogens is 1. The highest BCUT2D eigenvalue weighted by atomic mass is 79.9. The highest BCUT2D eigenvalue weighted by molar-refractivity contribution is 9.10. The third-order valence-corrected chi connectivity index (χ3v) is 4.86. The van der Waals surface area contributed by atoms with Gasteiger partial charge in [0, 0.05) is 29.2 Å². The maximum absolute atomic E-state index is 12.7. The van der Waals surface area contributed by atoms with Crippen LogP contribution in [0.5, 0.6) is 0 Å². The minimum atomic E-state index is -0.436. The van der Waals surface area contributed by atoms with E-state index in [1.807, 2.05) is 4.90 Å². The van der Waals surface area contributed by atoms with Crippen molar-refractivity contribution in [2.24, 2.45) is 0 Å². The summed E-state index contributed by atoms with van der Waals surface area (Å²) in [5.41, 5.74) is 0.812. The maximum atomic E-state index is 12.7. The van der Waals surface area contributed by atoms with Gasteiger partial charge in [-0.25, -0.2) is 0 Å². The quantitative estimate of drug-likeness (QED) is 0.605. The third-order valence-electron chi connectivity index (χ3n) is 4.12. The van der Waals surface area contributed by atoms with Gasteiger partial charge in [-0.1, -0.05) is 28.9 Å². The van der Waals surface area contributed by atoms with Crippen LogP contribution >= 0.6 is 15.9 Å². The Morgan fingerprint density at radius 1 is 1.43 bits per heavy atom. The van der Waals surface area contributed by atoms with Gasteiger partial charge < -0.3 is 10.2 Å². The first kappa shape index (κ1) is 17.9. The van der Waals surface area contributed by atoms with Crippen molar-refractivity contribution in [2.45, 2.75) is 38.6 Å². The van der Waals surface area contributed by atoms with E-state index in [9.17, 15) is 14.9 Å². The summed E-state index contributed by atoms with van der Waals surface area (Å²) in [7, 11) is 0. The van der Waals surface area contributed by atoms with Crippen LogP contribution in [0.1, 0.15) is 31.7 Å². The third kappa shape index (κ3) is 4.75. The molecule has 1 amide bonds. The molecular weight excluding hydrogens is 362 g/mol. The van der Waals surface area contributed by atoms with Crippen molar-refractivity contribution in [1.29, 1.82) is 0 Å². The van der Waals surface area contributed by atoms with Gasteiger partial charge in [0.1, 0.15) is 0 Å². The fourth-order valence-corrected chi connectivity index (χ4v) is 3.43. The molecule has 6 nitrogen and oxygen atoms in total. The van der Waals surface area contributed by atoms with Crippen LogP contribution in [0.3, 0.4) is 0 Å². The smallest absolute Gasteiger partial charge is 0.270 e. The van der Waals surface area contributed by atoms with Crippen LogP contribution in [0, 0.1) is 10.1 Å². The number of rotatable bonds is 6. The largest absolute Gasteiger partial charge is 0.339 e. The minimum Gasteiger partial charge on any atom is -0.339 e. The number of hydrogen-bond acceptors (Lipinski definition) is 4. The van der Waals surface area contributed by atoms with Crippen molar-refractivity contribution >= 4 is 27.5 Å². The molecule has 0 bridgehead atoms. The number of carbonyl (C=O) groups is 1. The van der Waals surface area contributed by atoms with E-state index < -0.39 is 4.92 Å². The number of nitrogens with zero attached hydrogens (tertiary/aromatic N) is 2. The average Bonchev–Trinajstić information content (AvgIpc) is 2.55. The summed E-state index contributed by atoms with van der Waals surface area (Å²) in [5, 5.41) is 14.1. The molecule has 1 aromatic rings. The lowest BCUT2D eigenvalue weighted by molar-refractivity contribution is -0.384. The lowest BCUT2D eigenvalue weighted by Gasteiger charge is -2.34. The molecule has 23 heavy (non-hydrogen) atoms. The number of piperidine rings is 1. The van der Waals surface area contributed by atoms with Crippen molar-refractivity contribution in [3.8, 4) is 0 Å². The van der Waals surface area contributed by atoms with Crippen LogP contribution in [0.25, 0.3) is 0 Å². The molecule has 1 saturated heterocycles. The molecule has 0 radical (unpaired) electrons. The van der Waals surface area contributed by atoms with E-state index in [0.29, 0.717) is 10.5 Å². The molecule has 0 aromatic heterocycles. The SMILES string of the molecule is CCCN(C(=O)Cc1ccc([N+](=O)[O-])cc1Br)C1CCNCC1. The lowest BCUT2D eigenvalue weighted by Crippen LogP contribution is -2.47. The fraction of sp³-hybridized carbons (Fsp3) is 0.562. The maximum Gasteiger partial charge on any atom is 0.270 e. The summed E-state index contributed by atoms with van der Waals surface area (Å²) in [6.45, 7) is 4.72. The molecule has 1 aromatic carbocycles. The fourth-order valence-electron chi connectivity index (χ4n) is 2.93. The molecule has 0 unspecified atom stereocenters. The Morgan fingerprint density at radius 3 is 2.70 bits per heavy atom. The predicted octanol–water partition coefficient (Wildman–Crippen LogP) is 2.89. The van der Waals surface area contributed by atoms with Gasteiger partial charge in [0.25, 0.3) is 5.69 Å². The van der Waals surface area contributed by atoms with Crippen LogP contribution in [0.4, 0.5) is 5.69 Å². The Balaban J connectivity index is 2.10. The first-order chi connectivity index (χ1) is 11.0. The van der Waals surface area contributed by atoms with Gasteiger partial charge in [0.15, 0.2) is 0 Å². The van der Waals surface area contributed by atoms with Gasteiger partial charge in [0.2, 0.25) is 5.91 Å².